The van der Waals surface area contributed by atoms with Crippen LogP contribution in [0.4, 0.5) is 5.69 Å². The molecule has 0 aromatic heterocycles. The molecule has 0 unspecified atom stereocenters. The summed E-state index contributed by atoms with van der Waals surface area (Å²) in [5.41, 5.74) is 1.84. The molecule has 1 amide bonds. The van der Waals surface area contributed by atoms with Gasteiger partial charge in [0.2, 0.25) is 0 Å². The predicted octanol–water partition coefficient (Wildman–Crippen LogP) is 4.95. The first-order valence-electron chi connectivity index (χ1n) is 10.7. The second-order valence-electron chi connectivity index (χ2n) is 7.12. The third-order valence-corrected chi connectivity index (χ3v) is 7.72. The Hall–Kier alpha value is -2.97. The van der Waals surface area contributed by atoms with Crippen LogP contribution >= 0.6 is 11.8 Å². The van der Waals surface area contributed by atoms with E-state index in [1.54, 1.807) is 67.2 Å². The molecule has 0 saturated carbocycles. The van der Waals surface area contributed by atoms with Gasteiger partial charge in [-0.05, 0) is 74.7 Å². The number of ether oxygens (including phenoxy) is 1. The number of nitrogens with one attached hydrogen (secondary N) is 1. The van der Waals surface area contributed by atoms with Gasteiger partial charge in [-0.15, -0.1) is 11.8 Å². The molecular formula is C25H28N2O4S2. The summed E-state index contributed by atoms with van der Waals surface area (Å²) in [5.74, 6) is 0.497. The second-order valence-corrected chi connectivity index (χ2v) is 9.86. The maximum atomic E-state index is 13.2. The van der Waals surface area contributed by atoms with Gasteiger partial charge in [0.05, 0.1) is 17.2 Å². The van der Waals surface area contributed by atoms with E-state index < -0.39 is 10.0 Å². The van der Waals surface area contributed by atoms with Crippen molar-refractivity contribution in [2.24, 2.45) is 0 Å². The highest BCUT2D eigenvalue weighted by atomic mass is 32.2. The molecule has 0 atom stereocenters. The molecule has 0 radical (unpaired) electrons. The molecule has 0 heterocycles. The van der Waals surface area contributed by atoms with E-state index in [2.05, 4.69) is 5.32 Å². The van der Waals surface area contributed by atoms with Crippen molar-refractivity contribution >= 4 is 33.4 Å². The van der Waals surface area contributed by atoms with Gasteiger partial charge in [0, 0.05) is 29.1 Å². The number of rotatable bonds is 10. The van der Waals surface area contributed by atoms with Crippen LogP contribution in [0.15, 0.2) is 82.6 Å². The summed E-state index contributed by atoms with van der Waals surface area (Å²) in [5, 5.41) is 2.89. The molecule has 0 bridgehead atoms. The molecule has 1 N–H and O–H groups in total. The largest absolute Gasteiger partial charge is 0.494 e. The number of para-hydroxylation sites is 1. The van der Waals surface area contributed by atoms with Crippen molar-refractivity contribution in [3.8, 4) is 5.75 Å². The van der Waals surface area contributed by atoms with Gasteiger partial charge in [-0.1, -0.05) is 18.2 Å². The zero-order valence-electron chi connectivity index (χ0n) is 18.9. The summed E-state index contributed by atoms with van der Waals surface area (Å²) in [6.45, 7) is 4.84. The zero-order chi connectivity index (χ0) is 23.8. The van der Waals surface area contributed by atoms with Crippen molar-refractivity contribution in [2.45, 2.75) is 30.2 Å². The Bertz CT molecular complexity index is 1180. The van der Waals surface area contributed by atoms with E-state index in [4.69, 9.17) is 4.74 Å². The van der Waals surface area contributed by atoms with E-state index in [9.17, 15) is 13.2 Å². The molecule has 8 heteroatoms. The fourth-order valence-electron chi connectivity index (χ4n) is 3.37. The molecule has 0 aliphatic rings. The van der Waals surface area contributed by atoms with Crippen LogP contribution in [0.1, 0.15) is 29.8 Å². The molecule has 0 spiro atoms. The SMILES string of the molecule is CCOc1ccccc1CNC(=O)c1ccc(N(CC)S(=O)(=O)c2ccc(SC)cc2)cc1. The van der Waals surface area contributed by atoms with Crippen molar-refractivity contribution < 1.29 is 17.9 Å². The average Bonchev–Trinajstić information content (AvgIpc) is 2.84. The van der Waals surface area contributed by atoms with Crippen molar-refractivity contribution in [1.29, 1.82) is 0 Å². The molecule has 3 aromatic carbocycles. The first-order valence-corrected chi connectivity index (χ1v) is 13.3. The van der Waals surface area contributed by atoms with Crippen LogP contribution in [-0.4, -0.2) is 33.7 Å². The van der Waals surface area contributed by atoms with Crippen molar-refractivity contribution in [2.75, 3.05) is 23.7 Å². The number of hydrogen-bond acceptors (Lipinski definition) is 5. The predicted molar refractivity (Wildman–Crippen MR) is 134 cm³/mol. The molecule has 0 aliphatic heterocycles. The highest BCUT2D eigenvalue weighted by Gasteiger charge is 2.23. The zero-order valence-corrected chi connectivity index (χ0v) is 20.6. The minimum Gasteiger partial charge on any atom is -0.494 e. The maximum Gasteiger partial charge on any atom is 0.264 e. The first-order chi connectivity index (χ1) is 15.9. The fourth-order valence-corrected chi connectivity index (χ4v) is 5.25. The fraction of sp³-hybridized carbons (Fsp3) is 0.240. The van der Waals surface area contributed by atoms with Crippen LogP contribution in [0.25, 0.3) is 0 Å². The average molecular weight is 485 g/mol. The Morgan fingerprint density at radius 1 is 0.970 bits per heavy atom. The number of carbonyl (C=O) groups excluding carboxylic acids is 1. The van der Waals surface area contributed by atoms with E-state index in [1.165, 1.54) is 4.31 Å². The van der Waals surface area contributed by atoms with Gasteiger partial charge < -0.3 is 10.1 Å². The van der Waals surface area contributed by atoms with Crippen molar-refractivity contribution in [1.82, 2.24) is 5.32 Å². The lowest BCUT2D eigenvalue weighted by atomic mass is 10.1. The molecule has 0 fully saturated rings. The first kappa shape index (κ1) is 24.7. The molecule has 174 valence electrons. The Labute approximate surface area is 200 Å². The smallest absolute Gasteiger partial charge is 0.264 e. The van der Waals surface area contributed by atoms with Gasteiger partial charge in [-0.25, -0.2) is 8.42 Å². The molecule has 0 aliphatic carbocycles. The summed E-state index contributed by atoms with van der Waals surface area (Å²) in [7, 11) is -3.71. The Balaban J connectivity index is 1.73. The Morgan fingerprint density at radius 2 is 1.64 bits per heavy atom. The van der Waals surface area contributed by atoms with Gasteiger partial charge in [0.25, 0.3) is 15.9 Å². The quantitative estimate of drug-likeness (QED) is 0.412. The summed E-state index contributed by atoms with van der Waals surface area (Å²) < 4.78 is 33.2. The lowest BCUT2D eigenvalue weighted by molar-refractivity contribution is 0.0950. The molecule has 3 rings (SSSR count). The number of thioether (sulfide) groups is 1. The van der Waals surface area contributed by atoms with Crippen LogP contribution in [0, 0.1) is 0 Å². The Morgan fingerprint density at radius 3 is 2.24 bits per heavy atom. The third-order valence-electron chi connectivity index (χ3n) is 5.06. The molecule has 0 saturated heterocycles. The molecule has 6 nitrogen and oxygen atoms in total. The van der Waals surface area contributed by atoms with Crippen LogP contribution < -0.4 is 14.4 Å². The van der Waals surface area contributed by atoms with E-state index in [1.807, 2.05) is 37.4 Å². The number of amides is 1. The normalized spacial score (nSPS) is 11.1. The number of sulfonamides is 1. The van der Waals surface area contributed by atoms with Crippen LogP contribution in [-0.2, 0) is 16.6 Å². The van der Waals surface area contributed by atoms with E-state index in [0.29, 0.717) is 24.4 Å². The summed E-state index contributed by atoms with van der Waals surface area (Å²) in [6.07, 6.45) is 1.94. The van der Waals surface area contributed by atoms with E-state index in [0.717, 1.165) is 16.2 Å². The number of nitrogens with zero attached hydrogens (tertiary/aromatic N) is 1. The van der Waals surface area contributed by atoms with Crippen LogP contribution in [0.2, 0.25) is 0 Å². The number of hydrogen-bond donors (Lipinski definition) is 1. The maximum absolute atomic E-state index is 13.2. The standard InChI is InChI=1S/C25H28N2O4S2/c1-4-27(33(29,30)23-16-14-22(32-3)15-17-23)21-12-10-19(11-13-21)25(28)26-18-20-8-6-7-9-24(20)31-5-2/h6-17H,4-5,18H2,1-3H3,(H,26,28). The lowest BCUT2D eigenvalue weighted by Crippen LogP contribution is -2.31. The minimum atomic E-state index is -3.71. The summed E-state index contributed by atoms with van der Waals surface area (Å²) in [6, 6.07) is 21.0. The van der Waals surface area contributed by atoms with Crippen molar-refractivity contribution in [3.05, 3.63) is 83.9 Å². The van der Waals surface area contributed by atoms with Gasteiger partial charge in [-0.3, -0.25) is 9.10 Å². The topological polar surface area (TPSA) is 75.7 Å². The highest BCUT2D eigenvalue weighted by molar-refractivity contribution is 7.98. The molecule has 33 heavy (non-hydrogen) atoms. The molecular weight excluding hydrogens is 456 g/mol. The number of benzene rings is 3. The molecule has 3 aromatic rings. The number of anilines is 1. The summed E-state index contributed by atoms with van der Waals surface area (Å²) >= 11 is 1.56. The summed E-state index contributed by atoms with van der Waals surface area (Å²) in [4.78, 5) is 13.9. The Kier molecular flexibility index (Phi) is 8.41. The van der Waals surface area contributed by atoms with E-state index in [-0.39, 0.29) is 17.3 Å². The second kappa shape index (κ2) is 11.2. The highest BCUT2D eigenvalue weighted by Crippen LogP contribution is 2.26. The van der Waals surface area contributed by atoms with Crippen molar-refractivity contribution in [3.63, 3.8) is 0 Å². The number of carbonyl (C=O) groups is 1. The monoisotopic (exact) mass is 484 g/mol. The van der Waals surface area contributed by atoms with Gasteiger partial charge in [-0.2, -0.15) is 0 Å². The van der Waals surface area contributed by atoms with E-state index >= 15 is 0 Å². The van der Waals surface area contributed by atoms with Crippen LogP contribution in [0.3, 0.4) is 0 Å². The van der Waals surface area contributed by atoms with Gasteiger partial charge in [0.1, 0.15) is 5.75 Å². The van der Waals surface area contributed by atoms with Gasteiger partial charge in [0.15, 0.2) is 0 Å². The lowest BCUT2D eigenvalue weighted by Gasteiger charge is -2.23. The third kappa shape index (κ3) is 5.89. The minimum absolute atomic E-state index is 0.233. The van der Waals surface area contributed by atoms with Crippen LogP contribution in [0.5, 0.6) is 5.75 Å². The van der Waals surface area contributed by atoms with Gasteiger partial charge >= 0.3 is 0 Å².